The van der Waals surface area contributed by atoms with Gasteiger partial charge in [0.25, 0.3) is 0 Å². The van der Waals surface area contributed by atoms with Crippen molar-refractivity contribution in [3.8, 4) is 5.75 Å². The van der Waals surface area contributed by atoms with E-state index in [0.717, 1.165) is 19.5 Å². The molecule has 0 saturated heterocycles. The molecule has 0 unspecified atom stereocenters. The first-order valence-corrected chi connectivity index (χ1v) is 6.30. The normalized spacial score (nSPS) is 10.5. The van der Waals surface area contributed by atoms with Crippen LogP contribution in [0.1, 0.15) is 13.3 Å². The third-order valence-corrected chi connectivity index (χ3v) is 2.85. The van der Waals surface area contributed by atoms with Crippen LogP contribution in [0.15, 0.2) is 16.6 Å². The van der Waals surface area contributed by atoms with E-state index in [0.29, 0.717) is 16.8 Å². The molecular weight excluding hydrogens is 296 g/mol. The molecule has 0 aliphatic carbocycles. The molecule has 16 heavy (non-hydrogen) atoms. The Kier molecular flexibility index (Phi) is 6.09. The monoisotopic (exact) mass is 309 g/mol. The van der Waals surface area contributed by atoms with Crippen molar-refractivity contribution in [2.75, 3.05) is 19.7 Å². The Morgan fingerprint density at radius 3 is 2.88 bits per heavy atom. The minimum atomic E-state index is -0.471. The summed E-state index contributed by atoms with van der Waals surface area (Å²) in [6, 6.07) is 2.78. The summed E-state index contributed by atoms with van der Waals surface area (Å²) in [5.41, 5.74) is 0. The van der Waals surface area contributed by atoms with E-state index in [1.54, 1.807) is 0 Å². The van der Waals surface area contributed by atoms with Crippen LogP contribution in [0.4, 0.5) is 4.39 Å². The molecule has 0 amide bonds. The lowest BCUT2D eigenvalue weighted by Crippen LogP contribution is -2.21. The van der Waals surface area contributed by atoms with Crippen molar-refractivity contribution in [3.63, 3.8) is 0 Å². The molecule has 0 aromatic heterocycles. The Labute approximate surface area is 108 Å². The van der Waals surface area contributed by atoms with Crippen LogP contribution in [0.3, 0.4) is 0 Å². The Morgan fingerprint density at radius 2 is 2.19 bits per heavy atom. The first-order valence-electron chi connectivity index (χ1n) is 5.13. The van der Waals surface area contributed by atoms with Gasteiger partial charge in [0, 0.05) is 12.6 Å². The molecule has 0 aliphatic rings. The molecule has 90 valence electrons. The van der Waals surface area contributed by atoms with Crippen LogP contribution in [-0.2, 0) is 0 Å². The zero-order valence-electron chi connectivity index (χ0n) is 9.03. The Morgan fingerprint density at radius 1 is 1.44 bits per heavy atom. The van der Waals surface area contributed by atoms with Gasteiger partial charge >= 0.3 is 0 Å². The van der Waals surface area contributed by atoms with Gasteiger partial charge in [0.1, 0.15) is 18.2 Å². The number of rotatable bonds is 6. The van der Waals surface area contributed by atoms with E-state index >= 15 is 0 Å². The van der Waals surface area contributed by atoms with Gasteiger partial charge in [0.15, 0.2) is 0 Å². The number of halogens is 3. The van der Waals surface area contributed by atoms with E-state index in [4.69, 9.17) is 16.3 Å². The molecule has 1 rings (SSSR count). The van der Waals surface area contributed by atoms with Crippen molar-refractivity contribution in [3.05, 3.63) is 27.4 Å². The van der Waals surface area contributed by atoms with Crippen molar-refractivity contribution < 1.29 is 9.13 Å². The molecule has 0 radical (unpaired) electrons. The van der Waals surface area contributed by atoms with Crippen LogP contribution in [0.5, 0.6) is 5.75 Å². The van der Waals surface area contributed by atoms with Crippen molar-refractivity contribution in [2.45, 2.75) is 13.3 Å². The Hall–Kier alpha value is -0.320. The molecule has 0 bridgehead atoms. The summed E-state index contributed by atoms with van der Waals surface area (Å²) in [4.78, 5) is 0. The van der Waals surface area contributed by atoms with Crippen molar-refractivity contribution >= 4 is 27.5 Å². The first-order chi connectivity index (χ1) is 7.65. The van der Waals surface area contributed by atoms with E-state index in [1.165, 1.54) is 12.1 Å². The standard InChI is InChI=1S/C11H14BrClFNO/c1-2-3-15-4-5-16-11-7-10(14)9(13)6-8(11)12/h6-7,15H,2-5H2,1H3. The van der Waals surface area contributed by atoms with E-state index < -0.39 is 5.82 Å². The highest BCUT2D eigenvalue weighted by Crippen LogP contribution is 2.30. The first kappa shape index (κ1) is 13.7. The average Bonchev–Trinajstić information content (AvgIpc) is 2.25. The lowest BCUT2D eigenvalue weighted by molar-refractivity contribution is 0.311. The van der Waals surface area contributed by atoms with Gasteiger partial charge in [0.05, 0.1) is 9.50 Å². The molecule has 2 nitrogen and oxygen atoms in total. The lowest BCUT2D eigenvalue weighted by Gasteiger charge is -2.09. The fraction of sp³-hybridized carbons (Fsp3) is 0.455. The predicted octanol–water partition coefficient (Wildman–Crippen LogP) is 3.62. The molecule has 5 heteroatoms. The second kappa shape index (κ2) is 7.09. The van der Waals surface area contributed by atoms with Gasteiger partial charge in [-0.3, -0.25) is 0 Å². The van der Waals surface area contributed by atoms with Gasteiger partial charge in [-0.2, -0.15) is 0 Å². The molecule has 0 saturated carbocycles. The smallest absolute Gasteiger partial charge is 0.145 e. The maximum atomic E-state index is 13.1. The SMILES string of the molecule is CCCNCCOc1cc(F)c(Cl)cc1Br. The molecule has 0 fully saturated rings. The highest BCUT2D eigenvalue weighted by Gasteiger charge is 2.07. The summed E-state index contributed by atoms with van der Waals surface area (Å²) in [6.45, 7) is 4.29. The predicted molar refractivity (Wildman–Crippen MR) is 67.8 cm³/mol. The second-order valence-electron chi connectivity index (χ2n) is 3.30. The molecule has 1 aromatic carbocycles. The zero-order valence-corrected chi connectivity index (χ0v) is 11.4. The fourth-order valence-electron chi connectivity index (χ4n) is 1.15. The van der Waals surface area contributed by atoms with Crippen LogP contribution in [0.25, 0.3) is 0 Å². The zero-order chi connectivity index (χ0) is 12.0. The third kappa shape index (κ3) is 4.28. The summed E-state index contributed by atoms with van der Waals surface area (Å²) in [7, 11) is 0. The lowest BCUT2D eigenvalue weighted by atomic mass is 10.3. The molecule has 1 aromatic rings. The van der Waals surface area contributed by atoms with E-state index in [1.807, 2.05) is 0 Å². The Bertz CT molecular complexity index is 349. The second-order valence-corrected chi connectivity index (χ2v) is 4.56. The van der Waals surface area contributed by atoms with Gasteiger partial charge < -0.3 is 10.1 Å². The number of hydrogen-bond acceptors (Lipinski definition) is 2. The quantitative estimate of drug-likeness (QED) is 0.640. The maximum absolute atomic E-state index is 13.1. The minimum absolute atomic E-state index is 0.0864. The van der Waals surface area contributed by atoms with Crippen molar-refractivity contribution in [2.24, 2.45) is 0 Å². The summed E-state index contributed by atoms with van der Waals surface area (Å²) in [5, 5.41) is 3.28. The minimum Gasteiger partial charge on any atom is -0.491 e. The number of nitrogens with one attached hydrogen (secondary N) is 1. The van der Waals surface area contributed by atoms with Gasteiger partial charge in [-0.25, -0.2) is 4.39 Å². The summed E-state index contributed by atoms with van der Waals surface area (Å²) in [6.07, 6.45) is 1.08. The van der Waals surface area contributed by atoms with Crippen LogP contribution in [-0.4, -0.2) is 19.7 Å². The fourth-order valence-corrected chi connectivity index (χ4v) is 1.90. The Balaban J connectivity index is 2.45. The topological polar surface area (TPSA) is 21.3 Å². The van der Waals surface area contributed by atoms with Gasteiger partial charge in [-0.15, -0.1) is 0 Å². The highest BCUT2D eigenvalue weighted by molar-refractivity contribution is 9.10. The molecular formula is C11H14BrClFNO. The molecule has 1 N–H and O–H groups in total. The number of benzene rings is 1. The van der Waals surface area contributed by atoms with Gasteiger partial charge in [-0.05, 0) is 35.0 Å². The molecule has 0 atom stereocenters. The summed E-state index contributed by atoms with van der Waals surface area (Å²) in [5.74, 6) is 0.00147. The van der Waals surface area contributed by atoms with Crippen molar-refractivity contribution in [1.29, 1.82) is 0 Å². The van der Waals surface area contributed by atoms with Crippen molar-refractivity contribution in [1.82, 2.24) is 5.32 Å². The van der Waals surface area contributed by atoms with Gasteiger partial charge in [-0.1, -0.05) is 18.5 Å². The van der Waals surface area contributed by atoms with Crippen LogP contribution in [0.2, 0.25) is 5.02 Å². The van der Waals surface area contributed by atoms with Gasteiger partial charge in [0.2, 0.25) is 0 Å². The largest absolute Gasteiger partial charge is 0.491 e. The van der Waals surface area contributed by atoms with E-state index in [-0.39, 0.29) is 5.02 Å². The summed E-state index contributed by atoms with van der Waals surface area (Å²) < 4.78 is 19.2. The number of ether oxygens (including phenoxy) is 1. The van der Waals surface area contributed by atoms with Crippen LogP contribution >= 0.6 is 27.5 Å². The average molecular weight is 311 g/mol. The third-order valence-electron chi connectivity index (χ3n) is 1.94. The molecule has 0 aliphatic heterocycles. The maximum Gasteiger partial charge on any atom is 0.145 e. The van der Waals surface area contributed by atoms with E-state index in [2.05, 4.69) is 28.2 Å². The number of hydrogen-bond donors (Lipinski definition) is 1. The molecule has 0 spiro atoms. The van der Waals surface area contributed by atoms with E-state index in [9.17, 15) is 4.39 Å². The van der Waals surface area contributed by atoms with Crippen LogP contribution < -0.4 is 10.1 Å². The van der Waals surface area contributed by atoms with Crippen LogP contribution in [0, 0.1) is 5.82 Å². The summed E-state index contributed by atoms with van der Waals surface area (Å²) >= 11 is 8.88. The highest BCUT2D eigenvalue weighted by atomic mass is 79.9. The molecule has 0 heterocycles.